The second-order valence-electron chi connectivity index (χ2n) is 15.3. The minimum absolute atomic E-state index is 0.126. The molecule has 4 aliphatic rings. The van der Waals surface area contributed by atoms with Crippen LogP contribution in [0, 0.1) is 17.8 Å². The van der Waals surface area contributed by atoms with Crippen molar-refractivity contribution in [2.24, 2.45) is 22.7 Å². The summed E-state index contributed by atoms with van der Waals surface area (Å²) in [5, 5.41) is 3.32. The molecule has 3 atom stereocenters. The Hall–Kier alpha value is -4.66. The van der Waals surface area contributed by atoms with E-state index in [-0.39, 0.29) is 29.8 Å². The molecule has 282 valence electrons. The summed E-state index contributed by atoms with van der Waals surface area (Å²) in [5.74, 6) is 1.37. The normalized spacial score (nSPS) is 21.6. The lowest BCUT2D eigenvalue weighted by Gasteiger charge is -2.37. The molecule has 2 aromatic carbocycles. The highest BCUT2D eigenvalue weighted by atomic mass is 16.5. The second-order valence-corrected chi connectivity index (χ2v) is 15.3. The van der Waals surface area contributed by atoms with Crippen molar-refractivity contribution in [3.05, 3.63) is 87.8 Å². The molecule has 6 rings (SSSR count). The summed E-state index contributed by atoms with van der Waals surface area (Å²) in [6.07, 6.45) is 15.7. The monoisotopic (exact) mass is 721 g/mol. The number of anilines is 1. The van der Waals surface area contributed by atoms with Crippen LogP contribution in [-0.2, 0) is 43.1 Å². The number of carbonyl (C=O) groups excluding carboxylic acids is 3. The van der Waals surface area contributed by atoms with Gasteiger partial charge in [0, 0.05) is 37.4 Å². The van der Waals surface area contributed by atoms with Crippen molar-refractivity contribution in [1.82, 2.24) is 5.32 Å². The van der Waals surface area contributed by atoms with Crippen LogP contribution in [0.1, 0.15) is 101 Å². The number of allylic oxidation sites excluding steroid dienone is 3. The number of ether oxygens (including phenoxy) is 3. The number of amidine groups is 1. The van der Waals surface area contributed by atoms with Gasteiger partial charge in [-0.05, 0) is 141 Å². The maximum atomic E-state index is 13.8. The van der Waals surface area contributed by atoms with E-state index in [9.17, 15) is 14.4 Å². The van der Waals surface area contributed by atoms with Crippen LogP contribution < -0.4 is 15.0 Å². The van der Waals surface area contributed by atoms with Gasteiger partial charge in [0.15, 0.2) is 12.0 Å². The van der Waals surface area contributed by atoms with E-state index in [2.05, 4.69) is 43.1 Å². The summed E-state index contributed by atoms with van der Waals surface area (Å²) in [7, 11) is 0. The van der Waals surface area contributed by atoms with E-state index in [0.717, 1.165) is 75.6 Å². The molecule has 9 heteroatoms. The fourth-order valence-corrected chi connectivity index (χ4v) is 7.99. The first kappa shape index (κ1) is 38.1. The maximum absolute atomic E-state index is 13.8. The van der Waals surface area contributed by atoms with E-state index < -0.39 is 0 Å². The largest absolute Gasteiger partial charge is 0.458 e. The van der Waals surface area contributed by atoms with E-state index >= 15 is 0 Å². The zero-order valence-electron chi connectivity index (χ0n) is 31.8. The summed E-state index contributed by atoms with van der Waals surface area (Å²) in [5.41, 5.74) is 7.05. The number of hydrogen-bond acceptors (Lipinski definition) is 8. The average Bonchev–Trinajstić information content (AvgIpc) is 3.16. The number of carbonyl (C=O) groups is 3. The first-order valence-corrected chi connectivity index (χ1v) is 19.7. The molecule has 2 aliphatic carbocycles. The van der Waals surface area contributed by atoms with Gasteiger partial charge in [0.05, 0.1) is 5.57 Å². The molecule has 2 aromatic rings. The number of aldehydes is 1. The summed E-state index contributed by atoms with van der Waals surface area (Å²) in [6, 6.07) is 11.8. The molecule has 0 radical (unpaired) electrons. The highest BCUT2D eigenvalue weighted by Crippen LogP contribution is 2.37. The Kier molecular flexibility index (Phi) is 12.9. The first-order chi connectivity index (χ1) is 25.7. The Labute approximate surface area is 314 Å². The molecule has 0 saturated heterocycles. The van der Waals surface area contributed by atoms with Crippen molar-refractivity contribution in [3.63, 3.8) is 0 Å². The third-order valence-corrected chi connectivity index (χ3v) is 11.1. The Balaban J connectivity index is 1.24. The molecule has 1 fully saturated rings. The van der Waals surface area contributed by atoms with Gasteiger partial charge in [0.25, 0.3) is 6.02 Å². The molecule has 2 heterocycles. The first-order valence-electron chi connectivity index (χ1n) is 19.7. The smallest absolute Gasteiger partial charge is 0.340 e. The van der Waals surface area contributed by atoms with E-state index in [0.29, 0.717) is 66.9 Å². The summed E-state index contributed by atoms with van der Waals surface area (Å²) < 4.78 is 17.8. The zero-order chi connectivity index (χ0) is 37.3. The molecule has 0 amide bonds. The molecule has 0 spiro atoms. The molecule has 1 saturated carbocycles. The lowest BCUT2D eigenvalue weighted by atomic mass is 9.76. The fourth-order valence-electron chi connectivity index (χ4n) is 7.99. The third-order valence-electron chi connectivity index (χ3n) is 11.1. The van der Waals surface area contributed by atoms with Crippen LogP contribution in [-0.4, -0.2) is 50.0 Å². The zero-order valence-corrected chi connectivity index (χ0v) is 31.8. The van der Waals surface area contributed by atoms with Gasteiger partial charge in [-0.25, -0.2) is 9.79 Å². The minimum Gasteiger partial charge on any atom is -0.458 e. The van der Waals surface area contributed by atoms with Gasteiger partial charge in [0.1, 0.15) is 11.9 Å². The molecule has 3 unspecified atom stereocenters. The van der Waals surface area contributed by atoms with Crippen molar-refractivity contribution in [2.45, 2.75) is 104 Å². The predicted molar refractivity (Wildman–Crippen MR) is 209 cm³/mol. The van der Waals surface area contributed by atoms with Gasteiger partial charge in [-0.15, -0.1) is 0 Å². The van der Waals surface area contributed by atoms with Crippen LogP contribution in [0.3, 0.4) is 0 Å². The number of nitrogens with zero attached hydrogens (tertiary/aromatic N) is 2. The average molecular weight is 722 g/mol. The van der Waals surface area contributed by atoms with Gasteiger partial charge < -0.3 is 24.4 Å². The van der Waals surface area contributed by atoms with Crippen molar-refractivity contribution >= 4 is 36.0 Å². The number of aliphatic imine (C=N–C) groups is 1. The lowest BCUT2D eigenvalue weighted by molar-refractivity contribution is -0.149. The molecule has 9 nitrogen and oxygen atoms in total. The Morgan fingerprint density at radius 3 is 2.45 bits per heavy atom. The quantitative estimate of drug-likeness (QED) is 0.0447. The van der Waals surface area contributed by atoms with Crippen LogP contribution in [0.25, 0.3) is 6.08 Å². The molecule has 0 bridgehead atoms. The van der Waals surface area contributed by atoms with Crippen LogP contribution >= 0.6 is 0 Å². The molecule has 53 heavy (non-hydrogen) atoms. The summed E-state index contributed by atoms with van der Waals surface area (Å²) in [6.45, 7) is 11.0. The Morgan fingerprint density at radius 1 is 1.04 bits per heavy atom. The van der Waals surface area contributed by atoms with Gasteiger partial charge in [-0.1, -0.05) is 45.9 Å². The highest BCUT2D eigenvalue weighted by molar-refractivity contribution is 5.94. The van der Waals surface area contributed by atoms with Crippen molar-refractivity contribution in [2.75, 3.05) is 24.5 Å². The number of hydrogen-bond donors (Lipinski definition) is 1. The molecular formula is C44H55N3O6. The third kappa shape index (κ3) is 9.86. The van der Waals surface area contributed by atoms with E-state index in [1.54, 1.807) is 25.1 Å². The van der Waals surface area contributed by atoms with Gasteiger partial charge >= 0.3 is 11.9 Å². The van der Waals surface area contributed by atoms with Gasteiger partial charge in [-0.3, -0.25) is 9.59 Å². The number of esters is 2. The number of rotatable bonds is 12. The fraction of sp³-hybridized carbons (Fsp3) is 0.500. The highest BCUT2D eigenvalue weighted by Gasteiger charge is 2.33. The number of nitrogens with one attached hydrogen (secondary N) is 1. The lowest BCUT2D eigenvalue weighted by Crippen LogP contribution is -2.35. The molecule has 2 aliphatic heterocycles. The summed E-state index contributed by atoms with van der Waals surface area (Å²) in [4.78, 5) is 45.3. The van der Waals surface area contributed by atoms with E-state index in [1.165, 1.54) is 16.8 Å². The summed E-state index contributed by atoms with van der Waals surface area (Å²) >= 11 is 0. The van der Waals surface area contributed by atoms with Crippen LogP contribution in [0.4, 0.5) is 5.69 Å². The minimum atomic E-state index is -0.351. The maximum Gasteiger partial charge on any atom is 0.340 e. The second kappa shape index (κ2) is 17.9. The Morgan fingerprint density at radius 2 is 1.77 bits per heavy atom. The predicted octanol–water partition coefficient (Wildman–Crippen LogP) is 8.05. The van der Waals surface area contributed by atoms with Gasteiger partial charge in [0.2, 0.25) is 0 Å². The van der Waals surface area contributed by atoms with Crippen molar-refractivity contribution < 1.29 is 28.6 Å². The van der Waals surface area contributed by atoms with E-state index in [4.69, 9.17) is 19.2 Å². The number of benzene rings is 2. The number of aryl methyl sites for hydroxylation is 2. The molecular weight excluding hydrogens is 666 g/mol. The van der Waals surface area contributed by atoms with Crippen LogP contribution in [0.2, 0.25) is 0 Å². The Bertz CT molecular complexity index is 1740. The van der Waals surface area contributed by atoms with Crippen LogP contribution in [0.5, 0.6) is 5.75 Å². The molecule has 1 N–H and O–H groups in total. The SMILES string of the molecule is CCC(=O)Oc1ccc(CCN=C(NC2=C(C(=O)OC3CC(C(C)C)CCC3C)C=CCC2)O/C(C=O)=C/c2cc3c4c(c2)CCCN4CCC3)cc1. The van der Waals surface area contributed by atoms with Gasteiger partial charge in [-0.2, -0.15) is 0 Å². The molecule has 0 aromatic heterocycles. The van der Waals surface area contributed by atoms with Crippen molar-refractivity contribution in [3.8, 4) is 5.75 Å². The standard InChI is InChI=1S/C44H55N3O6/c1-5-41(49)51-36-18-15-31(16-19-36)20-21-45-44(52-37(28-48)26-32-24-34-10-8-22-47-23-9-11-35(25-32)42(34)47)46-39-13-7-6-12-38(39)43(50)53-40-27-33(29(2)3)17-14-30(40)4/h6,12,15-16,18-19,24-26,28-30,33,40H,5,7-11,13-14,17,20-23,27H2,1-4H3,(H,45,46)/b37-26+. The van der Waals surface area contributed by atoms with Crippen LogP contribution in [0.15, 0.2) is 70.6 Å². The van der Waals surface area contributed by atoms with E-state index in [1.807, 2.05) is 24.3 Å². The van der Waals surface area contributed by atoms with Crippen molar-refractivity contribution in [1.29, 1.82) is 0 Å². The topological polar surface area (TPSA) is 107 Å².